The molecule has 0 aliphatic heterocycles. The second kappa shape index (κ2) is 2.99. The van der Waals surface area contributed by atoms with Crippen LogP contribution in [0.2, 0.25) is 5.02 Å². The molecule has 1 nitrogen and oxygen atoms in total. The summed E-state index contributed by atoms with van der Waals surface area (Å²) in [7, 11) is 0. The third kappa shape index (κ3) is 1.28. The molecule has 1 rings (SSSR count). The lowest BCUT2D eigenvalue weighted by molar-refractivity contribution is 0.407. The lowest BCUT2D eigenvalue weighted by Crippen LogP contribution is -1.86. The molecule has 0 unspecified atom stereocenters. The molecule has 0 saturated heterocycles. The smallest absolute Gasteiger partial charge is 0.147 e. The van der Waals surface area contributed by atoms with Gasteiger partial charge in [-0.15, -0.1) is 0 Å². The van der Waals surface area contributed by atoms with Crippen molar-refractivity contribution < 1.29 is 9.50 Å². The molecule has 0 spiro atoms. The molecule has 0 fully saturated rings. The summed E-state index contributed by atoms with van der Waals surface area (Å²) in [5.74, 6) is -0.591. The summed E-state index contributed by atoms with van der Waals surface area (Å²) < 4.78 is 12.7. The van der Waals surface area contributed by atoms with Crippen molar-refractivity contribution in [2.24, 2.45) is 0 Å². The lowest BCUT2D eigenvalue weighted by atomic mass is 10.2. The molecular weight excluding hydrogens is 155 g/mol. The van der Waals surface area contributed by atoms with Crippen molar-refractivity contribution in [2.75, 3.05) is 0 Å². The Bertz CT molecular complexity index is 237. The van der Waals surface area contributed by atoms with Gasteiger partial charge in [-0.25, -0.2) is 4.39 Å². The zero-order chi connectivity index (χ0) is 7.56. The largest absolute Gasteiger partial charge is 0.385 e. The highest BCUT2D eigenvalue weighted by atomic mass is 35.5. The molecule has 1 N–H and O–H groups in total. The predicted octanol–water partition coefficient (Wildman–Crippen LogP) is 2.36. The van der Waals surface area contributed by atoms with Gasteiger partial charge >= 0.3 is 0 Å². The molecule has 0 bridgehead atoms. The Morgan fingerprint density at radius 3 is 2.70 bits per heavy atom. The van der Waals surface area contributed by atoms with Gasteiger partial charge in [0.25, 0.3) is 0 Å². The molecule has 0 aliphatic rings. The van der Waals surface area contributed by atoms with Gasteiger partial charge < -0.3 is 5.11 Å². The highest BCUT2D eigenvalue weighted by molar-refractivity contribution is 6.30. The van der Waals surface area contributed by atoms with Gasteiger partial charge in [-0.1, -0.05) is 23.7 Å². The zero-order valence-electron chi connectivity index (χ0n) is 5.01. The monoisotopic (exact) mass is 159 g/mol. The maximum Gasteiger partial charge on any atom is 0.147 e. The van der Waals surface area contributed by atoms with Gasteiger partial charge in [0.2, 0.25) is 0 Å². The van der Waals surface area contributed by atoms with Crippen LogP contribution in [0.5, 0.6) is 0 Å². The van der Waals surface area contributed by atoms with E-state index in [-0.39, 0.29) is 10.6 Å². The van der Waals surface area contributed by atoms with Crippen LogP contribution in [-0.2, 0) is 0 Å². The van der Waals surface area contributed by atoms with E-state index in [2.05, 4.69) is 0 Å². The van der Waals surface area contributed by atoms with Crippen LogP contribution in [0, 0.1) is 12.4 Å². The Hall–Kier alpha value is -0.600. The van der Waals surface area contributed by atoms with Gasteiger partial charge in [0.1, 0.15) is 12.4 Å². The second-order valence-electron chi connectivity index (χ2n) is 1.77. The topological polar surface area (TPSA) is 20.2 Å². The van der Waals surface area contributed by atoms with E-state index in [1.807, 2.05) is 0 Å². The first-order valence-corrected chi connectivity index (χ1v) is 3.05. The minimum atomic E-state index is -0.591. The van der Waals surface area contributed by atoms with Gasteiger partial charge in [0, 0.05) is 5.56 Å². The summed E-state index contributed by atoms with van der Waals surface area (Å²) in [4.78, 5) is 0. The number of halogens is 2. The fourth-order valence-electron chi connectivity index (χ4n) is 0.620. The van der Waals surface area contributed by atoms with Crippen LogP contribution < -0.4 is 0 Å². The normalized spacial score (nSPS) is 9.90. The quantitative estimate of drug-likeness (QED) is 0.667. The van der Waals surface area contributed by atoms with Crippen LogP contribution in [0.15, 0.2) is 18.2 Å². The summed E-state index contributed by atoms with van der Waals surface area (Å²) in [6.07, 6.45) is 0. The third-order valence-corrected chi connectivity index (χ3v) is 1.41. The third-order valence-electron chi connectivity index (χ3n) is 1.12. The molecule has 0 atom stereocenters. The minimum Gasteiger partial charge on any atom is -0.385 e. The highest BCUT2D eigenvalue weighted by Gasteiger charge is 2.03. The minimum absolute atomic E-state index is 0.0165. The van der Waals surface area contributed by atoms with E-state index in [0.717, 1.165) is 0 Å². The molecular formula is C7H5ClFO. The highest BCUT2D eigenvalue weighted by Crippen LogP contribution is 2.17. The zero-order valence-corrected chi connectivity index (χ0v) is 5.77. The summed E-state index contributed by atoms with van der Waals surface area (Å²) >= 11 is 5.39. The van der Waals surface area contributed by atoms with E-state index in [4.69, 9.17) is 16.7 Å². The van der Waals surface area contributed by atoms with Crippen molar-refractivity contribution >= 4 is 11.6 Å². The molecule has 10 heavy (non-hydrogen) atoms. The van der Waals surface area contributed by atoms with Crippen LogP contribution >= 0.6 is 11.6 Å². The van der Waals surface area contributed by atoms with E-state index in [1.54, 1.807) is 6.07 Å². The van der Waals surface area contributed by atoms with Gasteiger partial charge in [-0.2, -0.15) is 0 Å². The summed E-state index contributed by atoms with van der Waals surface area (Å²) in [5.41, 5.74) is 0.104. The van der Waals surface area contributed by atoms with E-state index < -0.39 is 5.82 Å². The average molecular weight is 160 g/mol. The van der Waals surface area contributed by atoms with Crippen molar-refractivity contribution in [1.82, 2.24) is 0 Å². The van der Waals surface area contributed by atoms with Crippen LogP contribution in [0.4, 0.5) is 4.39 Å². The molecule has 0 aliphatic carbocycles. The van der Waals surface area contributed by atoms with Crippen molar-refractivity contribution in [3.63, 3.8) is 0 Å². The number of hydrogen-bond acceptors (Lipinski definition) is 1. The van der Waals surface area contributed by atoms with Crippen LogP contribution in [-0.4, -0.2) is 5.11 Å². The molecule has 3 heteroatoms. The van der Waals surface area contributed by atoms with E-state index in [1.165, 1.54) is 12.1 Å². The Morgan fingerprint density at radius 2 is 2.20 bits per heavy atom. The van der Waals surface area contributed by atoms with Crippen molar-refractivity contribution in [3.05, 3.63) is 41.2 Å². The average Bonchev–Trinajstić information content (AvgIpc) is 1.95. The van der Waals surface area contributed by atoms with Crippen LogP contribution in [0.3, 0.4) is 0 Å². The Labute approximate surface area is 63.1 Å². The van der Waals surface area contributed by atoms with Gasteiger partial charge in [-0.3, -0.25) is 0 Å². The molecule has 0 amide bonds. The number of benzene rings is 1. The summed E-state index contributed by atoms with van der Waals surface area (Å²) in [6.45, 7) is 0.682. The molecule has 0 heterocycles. The summed E-state index contributed by atoms with van der Waals surface area (Å²) in [6, 6.07) is 4.42. The fourth-order valence-corrected chi connectivity index (χ4v) is 0.802. The predicted molar refractivity (Wildman–Crippen MR) is 36.7 cm³/mol. The van der Waals surface area contributed by atoms with Crippen molar-refractivity contribution in [3.8, 4) is 0 Å². The van der Waals surface area contributed by atoms with Crippen LogP contribution in [0.1, 0.15) is 5.56 Å². The SMILES string of the molecule is O[CH]c1cccc(Cl)c1F. The molecule has 1 aromatic carbocycles. The number of hydrogen-bond donors (Lipinski definition) is 1. The van der Waals surface area contributed by atoms with E-state index in [0.29, 0.717) is 6.61 Å². The number of rotatable bonds is 1. The Balaban J connectivity index is 3.14. The van der Waals surface area contributed by atoms with Crippen LogP contribution in [0.25, 0.3) is 0 Å². The number of aliphatic hydroxyl groups is 1. The molecule has 0 saturated carbocycles. The van der Waals surface area contributed by atoms with Gasteiger partial charge in [0.05, 0.1) is 5.02 Å². The van der Waals surface area contributed by atoms with Gasteiger partial charge in [-0.05, 0) is 6.07 Å². The Kier molecular flexibility index (Phi) is 2.25. The first-order chi connectivity index (χ1) is 4.75. The fraction of sp³-hybridized carbons (Fsp3) is 0. The molecule has 53 valence electrons. The van der Waals surface area contributed by atoms with E-state index in [9.17, 15) is 4.39 Å². The first kappa shape index (κ1) is 7.51. The molecule has 1 radical (unpaired) electrons. The van der Waals surface area contributed by atoms with Crippen molar-refractivity contribution in [2.45, 2.75) is 0 Å². The molecule has 0 aromatic heterocycles. The lowest BCUT2D eigenvalue weighted by Gasteiger charge is -1.97. The van der Waals surface area contributed by atoms with Crippen molar-refractivity contribution in [1.29, 1.82) is 0 Å². The second-order valence-corrected chi connectivity index (χ2v) is 2.18. The first-order valence-electron chi connectivity index (χ1n) is 2.67. The van der Waals surface area contributed by atoms with E-state index >= 15 is 0 Å². The summed E-state index contributed by atoms with van der Waals surface area (Å²) in [5, 5.41) is 8.44. The van der Waals surface area contributed by atoms with Gasteiger partial charge in [0.15, 0.2) is 0 Å². The standard InChI is InChI=1S/C7H5ClFO/c8-6-3-1-2-5(4-10)7(6)9/h1-4,10H. The molecule has 1 aromatic rings. The maximum absolute atomic E-state index is 12.7. The number of aliphatic hydroxyl groups excluding tert-OH is 1. The Morgan fingerprint density at radius 1 is 1.50 bits per heavy atom. The maximum atomic E-state index is 12.7.